The Morgan fingerprint density at radius 1 is 1.10 bits per heavy atom. The molecule has 3 atom stereocenters. The van der Waals surface area contributed by atoms with E-state index in [0.29, 0.717) is 45.8 Å². The van der Waals surface area contributed by atoms with Gasteiger partial charge in [-0.3, -0.25) is 9.59 Å². The maximum Gasteiger partial charge on any atom is 0.306 e. The van der Waals surface area contributed by atoms with E-state index >= 15 is 0 Å². The maximum absolute atomic E-state index is 12.9. The van der Waals surface area contributed by atoms with Crippen LogP contribution in [0, 0.1) is 11.8 Å². The number of hydrogen-bond donors (Lipinski definition) is 1. The number of carboxylic acid groups (broad SMARTS) is 1. The highest BCUT2D eigenvalue weighted by molar-refractivity contribution is 5.81. The van der Waals surface area contributed by atoms with Gasteiger partial charge in [-0.05, 0) is 25.7 Å². The molecule has 0 aromatic rings. The third kappa shape index (κ3) is 2.79. The number of nitrogens with zero attached hydrogens (tertiary/aromatic N) is 1. The average molecular weight is 297 g/mol. The van der Waals surface area contributed by atoms with Gasteiger partial charge in [-0.1, -0.05) is 6.42 Å². The number of rotatable bonds is 2. The second-order valence-electron chi connectivity index (χ2n) is 6.47. The molecule has 2 heterocycles. The Bertz CT molecular complexity index is 418. The molecule has 3 aliphatic rings. The first-order valence-corrected chi connectivity index (χ1v) is 7.82. The first-order chi connectivity index (χ1) is 10.1. The summed E-state index contributed by atoms with van der Waals surface area (Å²) in [6.07, 6.45) is 3.60. The quantitative estimate of drug-likeness (QED) is 0.819. The van der Waals surface area contributed by atoms with Crippen molar-refractivity contribution < 1.29 is 24.2 Å². The predicted octanol–water partition coefficient (Wildman–Crippen LogP) is 0.895. The lowest BCUT2D eigenvalue weighted by atomic mass is 9.80. The van der Waals surface area contributed by atoms with Crippen LogP contribution in [0.4, 0.5) is 0 Å². The van der Waals surface area contributed by atoms with Crippen LogP contribution >= 0.6 is 0 Å². The summed E-state index contributed by atoms with van der Waals surface area (Å²) in [6, 6.07) is 0. The molecule has 3 unspecified atom stereocenters. The Hall–Kier alpha value is -1.14. The van der Waals surface area contributed by atoms with Gasteiger partial charge < -0.3 is 19.5 Å². The SMILES string of the molecule is O=C(O)C1CCCC(C(=O)N2CCOCC23CCOC3)C1. The van der Waals surface area contributed by atoms with Gasteiger partial charge in [0.1, 0.15) is 0 Å². The number of carbonyl (C=O) groups is 2. The predicted molar refractivity (Wildman–Crippen MR) is 73.8 cm³/mol. The molecule has 1 spiro atoms. The minimum atomic E-state index is -0.770. The van der Waals surface area contributed by atoms with Gasteiger partial charge in [0.15, 0.2) is 0 Å². The third-order valence-electron chi connectivity index (χ3n) is 5.12. The van der Waals surface area contributed by atoms with E-state index in [4.69, 9.17) is 9.47 Å². The van der Waals surface area contributed by atoms with Gasteiger partial charge in [0.25, 0.3) is 0 Å². The van der Waals surface area contributed by atoms with Gasteiger partial charge in [-0.2, -0.15) is 0 Å². The fourth-order valence-corrected chi connectivity index (χ4v) is 3.86. The smallest absolute Gasteiger partial charge is 0.306 e. The van der Waals surface area contributed by atoms with E-state index in [1.807, 2.05) is 4.90 Å². The van der Waals surface area contributed by atoms with Gasteiger partial charge in [-0.15, -0.1) is 0 Å². The summed E-state index contributed by atoms with van der Waals surface area (Å²) < 4.78 is 11.1. The van der Waals surface area contributed by atoms with Crippen LogP contribution in [0.25, 0.3) is 0 Å². The Kier molecular flexibility index (Phi) is 4.17. The van der Waals surface area contributed by atoms with Crippen molar-refractivity contribution in [3.63, 3.8) is 0 Å². The topological polar surface area (TPSA) is 76.1 Å². The summed E-state index contributed by atoms with van der Waals surface area (Å²) in [4.78, 5) is 26.0. The Labute approximate surface area is 124 Å². The second kappa shape index (κ2) is 5.93. The molecule has 2 saturated heterocycles. The van der Waals surface area contributed by atoms with E-state index < -0.39 is 5.97 Å². The molecule has 6 heteroatoms. The van der Waals surface area contributed by atoms with Gasteiger partial charge in [-0.25, -0.2) is 0 Å². The van der Waals surface area contributed by atoms with Crippen LogP contribution < -0.4 is 0 Å². The van der Waals surface area contributed by atoms with Crippen molar-refractivity contribution in [2.75, 3.05) is 33.0 Å². The number of aliphatic carboxylic acids is 1. The lowest BCUT2D eigenvalue weighted by Gasteiger charge is -2.45. The molecule has 3 fully saturated rings. The molecule has 1 saturated carbocycles. The molecule has 3 rings (SSSR count). The highest BCUT2D eigenvalue weighted by atomic mass is 16.5. The lowest BCUT2D eigenvalue weighted by molar-refractivity contribution is -0.156. The maximum atomic E-state index is 12.9. The molecule has 0 aromatic carbocycles. The van der Waals surface area contributed by atoms with Crippen LogP contribution in [0.2, 0.25) is 0 Å². The first kappa shape index (κ1) is 14.8. The van der Waals surface area contributed by atoms with Crippen molar-refractivity contribution in [3.05, 3.63) is 0 Å². The van der Waals surface area contributed by atoms with Gasteiger partial charge in [0.05, 0.1) is 31.3 Å². The lowest BCUT2D eigenvalue weighted by Crippen LogP contribution is -2.61. The number of morpholine rings is 1. The molecule has 6 nitrogen and oxygen atoms in total. The number of amides is 1. The molecule has 1 amide bonds. The summed E-state index contributed by atoms with van der Waals surface area (Å²) in [5, 5.41) is 9.19. The minimum absolute atomic E-state index is 0.106. The number of hydrogen-bond acceptors (Lipinski definition) is 4. The highest BCUT2D eigenvalue weighted by Gasteiger charge is 2.47. The Balaban J connectivity index is 1.72. The fraction of sp³-hybridized carbons (Fsp3) is 0.867. The summed E-state index contributed by atoms with van der Waals surface area (Å²) in [6.45, 7) is 2.89. The third-order valence-corrected chi connectivity index (χ3v) is 5.12. The Morgan fingerprint density at radius 3 is 2.52 bits per heavy atom. The van der Waals surface area contributed by atoms with Gasteiger partial charge in [0.2, 0.25) is 5.91 Å². The van der Waals surface area contributed by atoms with Crippen LogP contribution in [0.5, 0.6) is 0 Å². The zero-order chi connectivity index (χ0) is 14.9. The number of carboxylic acids is 1. The zero-order valence-corrected chi connectivity index (χ0v) is 12.3. The molecule has 0 bridgehead atoms. The Morgan fingerprint density at radius 2 is 1.81 bits per heavy atom. The van der Waals surface area contributed by atoms with Crippen molar-refractivity contribution >= 4 is 11.9 Å². The standard InChI is InChI=1S/C15H23NO5/c17-13(11-2-1-3-12(8-11)14(18)19)16-5-7-21-10-15(16)4-6-20-9-15/h11-12H,1-10H2,(H,18,19). The van der Waals surface area contributed by atoms with Crippen LogP contribution in [0.3, 0.4) is 0 Å². The second-order valence-corrected chi connectivity index (χ2v) is 6.47. The molecule has 21 heavy (non-hydrogen) atoms. The van der Waals surface area contributed by atoms with Gasteiger partial charge in [0, 0.05) is 19.1 Å². The van der Waals surface area contributed by atoms with E-state index in [9.17, 15) is 14.7 Å². The zero-order valence-electron chi connectivity index (χ0n) is 12.3. The van der Waals surface area contributed by atoms with E-state index in [1.54, 1.807) is 0 Å². The molecular formula is C15H23NO5. The monoisotopic (exact) mass is 297 g/mol. The van der Waals surface area contributed by atoms with Crippen molar-refractivity contribution in [2.24, 2.45) is 11.8 Å². The normalized spacial score (nSPS) is 36.9. The van der Waals surface area contributed by atoms with Crippen LogP contribution in [-0.2, 0) is 19.1 Å². The van der Waals surface area contributed by atoms with Gasteiger partial charge >= 0.3 is 5.97 Å². The molecule has 2 aliphatic heterocycles. The van der Waals surface area contributed by atoms with Crippen molar-refractivity contribution in [1.29, 1.82) is 0 Å². The summed E-state index contributed by atoms with van der Waals surface area (Å²) in [5.41, 5.74) is -0.314. The summed E-state index contributed by atoms with van der Waals surface area (Å²) in [7, 11) is 0. The first-order valence-electron chi connectivity index (χ1n) is 7.82. The van der Waals surface area contributed by atoms with Crippen LogP contribution in [-0.4, -0.2) is 60.4 Å². The average Bonchev–Trinajstić information content (AvgIpc) is 2.96. The molecule has 1 N–H and O–H groups in total. The molecule has 1 aliphatic carbocycles. The number of ether oxygens (including phenoxy) is 2. The van der Waals surface area contributed by atoms with Crippen molar-refractivity contribution in [3.8, 4) is 0 Å². The number of carbonyl (C=O) groups excluding carboxylic acids is 1. The molecule has 0 aromatic heterocycles. The minimum Gasteiger partial charge on any atom is -0.481 e. The molecule has 118 valence electrons. The van der Waals surface area contributed by atoms with E-state index in [0.717, 1.165) is 19.3 Å². The molecule has 0 radical (unpaired) electrons. The fourth-order valence-electron chi connectivity index (χ4n) is 3.86. The molecular weight excluding hydrogens is 274 g/mol. The van der Waals surface area contributed by atoms with Crippen LogP contribution in [0.15, 0.2) is 0 Å². The van der Waals surface area contributed by atoms with E-state index in [-0.39, 0.29) is 23.3 Å². The highest BCUT2D eigenvalue weighted by Crippen LogP contribution is 2.35. The van der Waals surface area contributed by atoms with Crippen molar-refractivity contribution in [1.82, 2.24) is 4.90 Å². The van der Waals surface area contributed by atoms with Crippen molar-refractivity contribution in [2.45, 2.75) is 37.6 Å². The summed E-state index contributed by atoms with van der Waals surface area (Å²) >= 11 is 0. The van der Waals surface area contributed by atoms with Crippen LogP contribution in [0.1, 0.15) is 32.1 Å². The van der Waals surface area contributed by atoms with E-state index in [2.05, 4.69) is 0 Å². The summed E-state index contributed by atoms with van der Waals surface area (Å²) in [5.74, 6) is -1.19. The van der Waals surface area contributed by atoms with E-state index in [1.165, 1.54) is 0 Å². The largest absolute Gasteiger partial charge is 0.481 e.